The monoisotopic (exact) mass is 213 g/mol. The number of hydrogen-bond donors (Lipinski definition) is 0. The number of nitrogens with zero attached hydrogens (tertiary/aromatic N) is 1. The first kappa shape index (κ1) is 11.1. The van der Waals surface area contributed by atoms with Crippen LogP contribution in [-0.2, 0) is 0 Å². The van der Waals surface area contributed by atoms with Crippen LogP contribution in [0.15, 0.2) is 34.8 Å². The molecule has 0 bridgehead atoms. The second kappa shape index (κ2) is 4.25. The molecule has 1 heterocycles. The Morgan fingerprint density at radius 1 is 1.06 bits per heavy atom. The van der Waals surface area contributed by atoms with Crippen molar-refractivity contribution in [3.63, 3.8) is 0 Å². The first-order valence-electron chi connectivity index (χ1n) is 5.91. The average molecular weight is 213 g/mol. The molecule has 0 N–H and O–H groups in total. The Labute approximate surface area is 97.9 Å². The van der Waals surface area contributed by atoms with E-state index in [1.165, 1.54) is 28.0 Å². The van der Waals surface area contributed by atoms with Gasteiger partial charge in [0.05, 0.1) is 6.54 Å². The Hall–Kier alpha value is -1.37. The molecular weight excluding hydrogens is 194 g/mol. The van der Waals surface area contributed by atoms with Crippen molar-refractivity contribution in [1.29, 1.82) is 0 Å². The largest absolute Gasteiger partial charge is 0.285 e. The summed E-state index contributed by atoms with van der Waals surface area (Å²) >= 11 is 0. The van der Waals surface area contributed by atoms with E-state index in [0.29, 0.717) is 5.92 Å². The predicted molar refractivity (Wildman–Crippen MR) is 71.1 cm³/mol. The highest BCUT2D eigenvalue weighted by Gasteiger charge is 2.14. The van der Waals surface area contributed by atoms with Crippen LogP contribution in [0.2, 0.25) is 0 Å². The molecule has 0 radical (unpaired) electrons. The van der Waals surface area contributed by atoms with Gasteiger partial charge in [-0.15, -0.1) is 0 Å². The fraction of sp³-hybridized carbons (Fsp3) is 0.400. The maximum atomic E-state index is 4.48. The van der Waals surface area contributed by atoms with Gasteiger partial charge in [0.1, 0.15) is 0 Å². The molecule has 1 aliphatic rings. The Morgan fingerprint density at radius 3 is 2.12 bits per heavy atom. The Balaban J connectivity index is 2.36. The van der Waals surface area contributed by atoms with Crippen LogP contribution in [0.5, 0.6) is 0 Å². The zero-order chi connectivity index (χ0) is 11.7. The van der Waals surface area contributed by atoms with Gasteiger partial charge in [-0.25, -0.2) is 0 Å². The van der Waals surface area contributed by atoms with Crippen molar-refractivity contribution in [1.82, 2.24) is 0 Å². The third-order valence-corrected chi connectivity index (χ3v) is 3.21. The fourth-order valence-electron chi connectivity index (χ4n) is 2.19. The van der Waals surface area contributed by atoms with Crippen LogP contribution in [0.4, 0.5) is 0 Å². The van der Waals surface area contributed by atoms with Gasteiger partial charge in [0, 0.05) is 11.3 Å². The van der Waals surface area contributed by atoms with Crippen LogP contribution in [0.25, 0.3) is 5.57 Å². The van der Waals surface area contributed by atoms with Crippen molar-refractivity contribution in [2.24, 2.45) is 4.99 Å². The minimum atomic E-state index is 0.600. The molecule has 1 heteroatoms. The summed E-state index contributed by atoms with van der Waals surface area (Å²) < 4.78 is 0. The zero-order valence-electron chi connectivity index (χ0n) is 10.5. The van der Waals surface area contributed by atoms with Crippen LogP contribution in [0, 0.1) is 0 Å². The fourth-order valence-corrected chi connectivity index (χ4v) is 2.19. The lowest BCUT2D eigenvalue weighted by Gasteiger charge is -2.09. The molecule has 0 fully saturated rings. The third kappa shape index (κ3) is 1.95. The summed E-state index contributed by atoms with van der Waals surface area (Å²) in [6, 6.07) is 8.90. The number of benzene rings is 1. The van der Waals surface area contributed by atoms with Crippen molar-refractivity contribution in [2.45, 2.75) is 33.6 Å². The lowest BCUT2D eigenvalue weighted by Crippen LogP contribution is -1.95. The molecule has 0 saturated carbocycles. The lowest BCUT2D eigenvalue weighted by molar-refractivity contribution is 0.866. The molecule has 1 nitrogen and oxygen atoms in total. The minimum Gasteiger partial charge on any atom is -0.285 e. The summed E-state index contributed by atoms with van der Waals surface area (Å²) in [6.45, 7) is 9.59. The van der Waals surface area contributed by atoms with E-state index in [-0.39, 0.29) is 0 Å². The first-order chi connectivity index (χ1) is 7.59. The maximum Gasteiger partial charge on any atom is 0.0610 e. The summed E-state index contributed by atoms with van der Waals surface area (Å²) in [4.78, 5) is 4.48. The van der Waals surface area contributed by atoms with Gasteiger partial charge in [-0.3, -0.25) is 4.99 Å². The van der Waals surface area contributed by atoms with Crippen LogP contribution in [-0.4, -0.2) is 12.3 Å². The number of hydrogen-bond acceptors (Lipinski definition) is 1. The van der Waals surface area contributed by atoms with Crippen LogP contribution >= 0.6 is 0 Å². The average Bonchev–Trinajstić information content (AvgIpc) is 2.59. The smallest absolute Gasteiger partial charge is 0.0610 e. The normalized spacial score (nSPS) is 15.9. The van der Waals surface area contributed by atoms with Crippen molar-refractivity contribution in [2.75, 3.05) is 6.54 Å². The molecule has 0 unspecified atom stereocenters. The van der Waals surface area contributed by atoms with Gasteiger partial charge in [-0.2, -0.15) is 0 Å². The topological polar surface area (TPSA) is 12.4 Å². The van der Waals surface area contributed by atoms with Crippen molar-refractivity contribution >= 4 is 11.3 Å². The molecule has 16 heavy (non-hydrogen) atoms. The number of allylic oxidation sites excluding steroid dienone is 1. The van der Waals surface area contributed by atoms with Gasteiger partial charge >= 0.3 is 0 Å². The Morgan fingerprint density at radius 2 is 1.69 bits per heavy atom. The molecule has 0 aromatic heterocycles. The molecule has 84 valence electrons. The van der Waals surface area contributed by atoms with Crippen molar-refractivity contribution in [3.8, 4) is 0 Å². The van der Waals surface area contributed by atoms with E-state index in [1.807, 2.05) is 0 Å². The van der Waals surface area contributed by atoms with E-state index >= 15 is 0 Å². The van der Waals surface area contributed by atoms with Crippen molar-refractivity contribution < 1.29 is 0 Å². The molecular formula is C15H19N. The SMILES string of the molecule is CC1=NCC(C)=C1c1ccc(C(C)C)cc1. The van der Waals surface area contributed by atoms with Crippen LogP contribution < -0.4 is 0 Å². The first-order valence-corrected chi connectivity index (χ1v) is 5.91. The molecule has 1 aromatic rings. The van der Waals surface area contributed by atoms with Gasteiger partial charge in [0.15, 0.2) is 0 Å². The summed E-state index contributed by atoms with van der Waals surface area (Å²) in [7, 11) is 0. The molecule has 0 atom stereocenters. The highest BCUT2D eigenvalue weighted by molar-refractivity contribution is 6.25. The summed E-state index contributed by atoms with van der Waals surface area (Å²) in [5.74, 6) is 0.600. The standard InChI is InChI=1S/C15H19N/c1-10(2)13-5-7-14(8-6-13)15-11(3)9-16-12(15)4/h5-8,10H,9H2,1-4H3. The summed E-state index contributed by atoms with van der Waals surface area (Å²) in [5, 5.41) is 0. The molecule has 2 rings (SSSR count). The summed E-state index contributed by atoms with van der Waals surface area (Å²) in [5.41, 5.74) is 6.61. The van der Waals surface area contributed by atoms with Gasteiger partial charge < -0.3 is 0 Å². The Bertz CT molecular complexity index is 447. The summed E-state index contributed by atoms with van der Waals surface area (Å²) in [6.07, 6.45) is 0. The molecule has 0 spiro atoms. The predicted octanol–water partition coefficient (Wildman–Crippen LogP) is 4.06. The molecule has 0 aliphatic carbocycles. The number of aliphatic imine (C=N–C) groups is 1. The second-order valence-electron chi connectivity index (χ2n) is 4.83. The van der Waals surface area contributed by atoms with E-state index in [0.717, 1.165) is 6.54 Å². The van der Waals surface area contributed by atoms with E-state index < -0.39 is 0 Å². The zero-order valence-corrected chi connectivity index (χ0v) is 10.5. The quantitative estimate of drug-likeness (QED) is 0.702. The Kier molecular flexibility index (Phi) is 2.95. The van der Waals surface area contributed by atoms with Crippen LogP contribution in [0.3, 0.4) is 0 Å². The third-order valence-electron chi connectivity index (χ3n) is 3.21. The second-order valence-corrected chi connectivity index (χ2v) is 4.83. The molecule has 0 amide bonds. The molecule has 1 aliphatic heterocycles. The van der Waals surface area contributed by atoms with E-state index in [4.69, 9.17) is 0 Å². The van der Waals surface area contributed by atoms with Gasteiger partial charge in [0.25, 0.3) is 0 Å². The van der Waals surface area contributed by atoms with E-state index in [9.17, 15) is 0 Å². The van der Waals surface area contributed by atoms with E-state index in [1.54, 1.807) is 0 Å². The minimum absolute atomic E-state index is 0.600. The lowest BCUT2D eigenvalue weighted by atomic mass is 9.95. The molecule has 1 aromatic carbocycles. The van der Waals surface area contributed by atoms with Crippen LogP contribution in [0.1, 0.15) is 44.7 Å². The van der Waals surface area contributed by atoms with E-state index in [2.05, 4.69) is 57.0 Å². The van der Waals surface area contributed by atoms with Crippen molar-refractivity contribution in [3.05, 3.63) is 41.0 Å². The van der Waals surface area contributed by atoms with Gasteiger partial charge in [-0.1, -0.05) is 38.1 Å². The molecule has 0 saturated heterocycles. The highest BCUT2D eigenvalue weighted by Crippen LogP contribution is 2.26. The van der Waals surface area contributed by atoms with Gasteiger partial charge in [-0.05, 0) is 36.5 Å². The number of rotatable bonds is 2. The van der Waals surface area contributed by atoms with Gasteiger partial charge in [0.2, 0.25) is 0 Å². The maximum absolute atomic E-state index is 4.48. The highest BCUT2D eigenvalue weighted by atomic mass is 14.8.